The van der Waals surface area contributed by atoms with E-state index in [9.17, 15) is 4.55 Å². The SMILES string of the molecule is CC(C)Oc1cccc2c1C(N)=N[S+]([O-])N2. The van der Waals surface area contributed by atoms with Crippen molar-refractivity contribution in [3.8, 4) is 5.75 Å². The number of amidine groups is 1. The Morgan fingerprint density at radius 3 is 2.94 bits per heavy atom. The molecular weight excluding hydrogens is 226 g/mol. The third-order valence-corrected chi connectivity index (χ3v) is 2.78. The van der Waals surface area contributed by atoms with Gasteiger partial charge in [-0.3, -0.25) is 0 Å². The predicted molar refractivity (Wildman–Crippen MR) is 64.7 cm³/mol. The summed E-state index contributed by atoms with van der Waals surface area (Å²) in [4.78, 5) is 0. The van der Waals surface area contributed by atoms with E-state index in [1.54, 1.807) is 6.07 Å². The first-order chi connectivity index (χ1) is 7.58. The van der Waals surface area contributed by atoms with Crippen LogP contribution in [0.1, 0.15) is 19.4 Å². The number of ether oxygens (including phenoxy) is 1. The number of fused-ring (bicyclic) bond motifs is 1. The summed E-state index contributed by atoms with van der Waals surface area (Å²) in [5, 5.41) is 0. The largest absolute Gasteiger partial charge is 0.566 e. The minimum absolute atomic E-state index is 0.0479. The fraction of sp³-hybridized carbons (Fsp3) is 0.300. The van der Waals surface area contributed by atoms with Crippen molar-refractivity contribution in [2.24, 2.45) is 10.1 Å². The number of nitrogens with zero attached hydrogens (tertiary/aromatic N) is 1. The highest BCUT2D eigenvalue weighted by atomic mass is 32.2. The van der Waals surface area contributed by atoms with E-state index in [0.29, 0.717) is 17.0 Å². The maximum atomic E-state index is 11.3. The lowest BCUT2D eigenvalue weighted by Crippen LogP contribution is -2.27. The molecule has 2 rings (SSSR count). The summed E-state index contributed by atoms with van der Waals surface area (Å²) < 4.78 is 23.4. The van der Waals surface area contributed by atoms with Gasteiger partial charge in [0, 0.05) is 0 Å². The van der Waals surface area contributed by atoms with Crippen molar-refractivity contribution in [2.75, 3.05) is 4.72 Å². The Labute approximate surface area is 97.1 Å². The first kappa shape index (κ1) is 11.1. The van der Waals surface area contributed by atoms with Crippen LogP contribution in [0, 0.1) is 0 Å². The summed E-state index contributed by atoms with van der Waals surface area (Å²) in [6.07, 6.45) is 0.0479. The van der Waals surface area contributed by atoms with Crippen molar-refractivity contribution in [2.45, 2.75) is 20.0 Å². The molecule has 16 heavy (non-hydrogen) atoms. The smallest absolute Gasteiger partial charge is 0.222 e. The Morgan fingerprint density at radius 1 is 1.50 bits per heavy atom. The Hall–Kier alpha value is -1.40. The molecule has 5 nitrogen and oxygen atoms in total. The quantitative estimate of drug-likeness (QED) is 0.759. The summed E-state index contributed by atoms with van der Waals surface area (Å²) in [5.74, 6) is 0.890. The number of hydrogen-bond acceptors (Lipinski definition) is 5. The fourth-order valence-corrected chi connectivity index (χ4v) is 2.16. The maximum absolute atomic E-state index is 11.3. The second-order valence-electron chi connectivity index (χ2n) is 3.67. The molecule has 0 aliphatic carbocycles. The van der Waals surface area contributed by atoms with Crippen LogP contribution in [0.4, 0.5) is 5.69 Å². The van der Waals surface area contributed by atoms with E-state index in [4.69, 9.17) is 10.5 Å². The van der Waals surface area contributed by atoms with Gasteiger partial charge in [0.2, 0.25) is 11.5 Å². The normalized spacial score (nSPS) is 18.8. The highest BCUT2D eigenvalue weighted by molar-refractivity contribution is 7.91. The van der Waals surface area contributed by atoms with Gasteiger partial charge >= 0.3 is 0 Å². The van der Waals surface area contributed by atoms with E-state index in [1.165, 1.54) is 0 Å². The second-order valence-corrected chi connectivity index (χ2v) is 4.56. The van der Waals surface area contributed by atoms with Crippen LogP contribution >= 0.6 is 0 Å². The maximum Gasteiger partial charge on any atom is 0.222 e. The lowest BCUT2D eigenvalue weighted by atomic mass is 10.1. The van der Waals surface area contributed by atoms with Crippen LogP contribution < -0.4 is 15.2 Å². The molecule has 1 aliphatic heterocycles. The number of nitrogens with two attached hydrogens (primary N) is 1. The molecule has 1 aromatic rings. The van der Waals surface area contributed by atoms with Gasteiger partial charge in [-0.2, -0.15) is 4.72 Å². The van der Waals surface area contributed by atoms with E-state index in [0.717, 1.165) is 0 Å². The highest BCUT2D eigenvalue weighted by Gasteiger charge is 2.24. The summed E-state index contributed by atoms with van der Waals surface area (Å²) in [6.45, 7) is 3.86. The molecule has 0 spiro atoms. The second kappa shape index (κ2) is 4.23. The van der Waals surface area contributed by atoms with Crippen LogP contribution in [0.15, 0.2) is 22.6 Å². The number of rotatable bonds is 2. The molecule has 0 amide bonds. The van der Waals surface area contributed by atoms with Crippen LogP contribution in [0.2, 0.25) is 0 Å². The number of benzene rings is 1. The molecule has 0 saturated carbocycles. The van der Waals surface area contributed by atoms with Crippen molar-refractivity contribution in [1.82, 2.24) is 0 Å². The lowest BCUT2D eigenvalue weighted by Gasteiger charge is -2.19. The Bertz CT molecular complexity index is 434. The summed E-state index contributed by atoms with van der Waals surface area (Å²) >= 11 is -1.50. The molecule has 1 atom stereocenters. The van der Waals surface area contributed by atoms with Crippen molar-refractivity contribution < 1.29 is 9.29 Å². The molecule has 0 bridgehead atoms. The predicted octanol–water partition coefficient (Wildman–Crippen LogP) is 1.18. The van der Waals surface area contributed by atoms with Gasteiger partial charge in [0.05, 0.1) is 17.4 Å². The molecule has 0 saturated heterocycles. The van der Waals surface area contributed by atoms with Crippen LogP contribution in [-0.2, 0) is 11.5 Å². The number of hydrogen-bond donors (Lipinski definition) is 2. The van der Waals surface area contributed by atoms with Crippen LogP contribution in [0.3, 0.4) is 0 Å². The summed E-state index contributed by atoms with van der Waals surface area (Å²) in [5.41, 5.74) is 7.11. The molecule has 1 unspecified atom stereocenters. The topological polar surface area (TPSA) is 82.7 Å². The van der Waals surface area contributed by atoms with Crippen LogP contribution in [-0.4, -0.2) is 16.5 Å². The fourth-order valence-electron chi connectivity index (χ4n) is 1.48. The minimum Gasteiger partial charge on any atom is -0.566 e. The summed E-state index contributed by atoms with van der Waals surface area (Å²) in [6, 6.07) is 5.43. The zero-order chi connectivity index (χ0) is 11.7. The molecule has 6 heteroatoms. The summed E-state index contributed by atoms with van der Waals surface area (Å²) in [7, 11) is 0. The Balaban J connectivity index is 2.45. The van der Waals surface area contributed by atoms with Crippen molar-refractivity contribution in [3.05, 3.63) is 23.8 Å². The van der Waals surface area contributed by atoms with Gasteiger partial charge in [-0.1, -0.05) is 6.07 Å². The Kier molecular flexibility index (Phi) is 2.93. The van der Waals surface area contributed by atoms with E-state index in [2.05, 4.69) is 9.12 Å². The van der Waals surface area contributed by atoms with Crippen LogP contribution in [0.5, 0.6) is 5.75 Å². The lowest BCUT2D eigenvalue weighted by molar-refractivity contribution is 0.242. The molecule has 3 N–H and O–H groups in total. The van der Waals surface area contributed by atoms with Gasteiger partial charge in [0.1, 0.15) is 5.75 Å². The van der Waals surface area contributed by atoms with E-state index in [-0.39, 0.29) is 11.9 Å². The standard InChI is InChI=1S/C10H13N3O2S/c1-6(2)15-8-5-3-4-7-9(8)10(11)13-16(14)12-7/h3-6,12H,1-2H3,(H2,11,13). The van der Waals surface area contributed by atoms with Gasteiger partial charge in [-0.25, -0.2) is 0 Å². The number of nitrogens with one attached hydrogen (secondary N) is 1. The molecule has 0 fully saturated rings. The first-order valence-corrected chi connectivity index (χ1v) is 6.01. The van der Waals surface area contributed by atoms with E-state index < -0.39 is 11.5 Å². The van der Waals surface area contributed by atoms with E-state index in [1.807, 2.05) is 26.0 Å². The van der Waals surface area contributed by atoms with Crippen molar-refractivity contribution in [1.29, 1.82) is 0 Å². The average Bonchev–Trinajstić information content (AvgIpc) is 2.15. The zero-order valence-electron chi connectivity index (χ0n) is 9.06. The first-order valence-electron chi connectivity index (χ1n) is 4.90. The van der Waals surface area contributed by atoms with Gasteiger partial charge in [0.25, 0.3) is 0 Å². The molecule has 1 aliphatic rings. The van der Waals surface area contributed by atoms with E-state index >= 15 is 0 Å². The van der Waals surface area contributed by atoms with Gasteiger partial charge in [-0.05, 0) is 30.4 Å². The zero-order valence-corrected chi connectivity index (χ0v) is 9.88. The van der Waals surface area contributed by atoms with Crippen molar-refractivity contribution in [3.63, 3.8) is 0 Å². The number of anilines is 1. The average molecular weight is 239 g/mol. The third kappa shape index (κ3) is 2.07. The monoisotopic (exact) mass is 239 g/mol. The highest BCUT2D eigenvalue weighted by Crippen LogP contribution is 2.30. The van der Waals surface area contributed by atoms with Crippen molar-refractivity contribution >= 4 is 23.1 Å². The molecule has 1 aromatic carbocycles. The molecule has 0 aromatic heterocycles. The third-order valence-electron chi connectivity index (χ3n) is 2.02. The molecular formula is C10H13N3O2S. The molecule has 1 heterocycles. The van der Waals surface area contributed by atoms with Gasteiger partial charge in [-0.15, -0.1) is 0 Å². The van der Waals surface area contributed by atoms with Gasteiger partial charge < -0.3 is 15.0 Å². The van der Waals surface area contributed by atoms with Gasteiger partial charge in [0.15, 0.2) is 5.84 Å². The molecule has 0 radical (unpaired) electrons. The van der Waals surface area contributed by atoms with Crippen LogP contribution in [0.25, 0.3) is 0 Å². The molecule has 86 valence electrons. The Morgan fingerprint density at radius 2 is 2.25 bits per heavy atom. The minimum atomic E-state index is -1.50.